The number of nitrogens with zero attached hydrogens (tertiary/aromatic N) is 2. The van der Waals surface area contributed by atoms with E-state index in [1.807, 2.05) is 25.8 Å². The van der Waals surface area contributed by atoms with Crippen molar-refractivity contribution in [2.75, 3.05) is 20.7 Å². The highest BCUT2D eigenvalue weighted by atomic mass is 19.4. The summed E-state index contributed by atoms with van der Waals surface area (Å²) < 4.78 is 46.3. The van der Waals surface area contributed by atoms with E-state index in [1.54, 1.807) is 13.3 Å². The summed E-state index contributed by atoms with van der Waals surface area (Å²) in [4.78, 5) is 6.15. The first-order chi connectivity index (χ1) is 12.1. The molecular weight excluding hydrogens is 345 g/mol. The molecule has 0 aromatic heterocycles. The molecular formula is C19H29F3N2O2. The predicted molar refractivity (Wildman–Crippen MR) is 98.3 cm³/mol. The summed E-state index contributed by atoms with van der Waals surface area (Å²) >= 11 is 0. The van der Waals surface area contributed by atoms with E-state index in [0.29, 0.717) is 17.7 Å². The number of aliphatic imine (C=N–C) groups is 1. The highest BCUT2D eigenvalue weighted by molar-refractivity contribution is 5.65. The van der Waals surface area contributed by atoms with Crippen LogP contribution in [0.1, 0.15) is 50.7 Å². The number of unbranched alkanes of at least 4 members (excludes halogenated alkanes) is 2. The second-order valence-corrected chi connectivity index (χ2v) is 6.47. The Balaban J connectivity index is 3.39. The maximum absolute atomic E-state index is 13.7. The first-order valence-corrected chi connectivity index (χ1v) is 8.83. The van der Waals surface area contributed by atoms with Gasteiger partial charge in [-0.05, 0) is 38.3 Å². The highest BCUT2D eigenvalue weighted by Crippen LogP contribution is 2.47. The SMILES string of the molecule is CCCCCC(O)(c1cc(C)c(/N=C/N(C)CC)cc1OC)C(F)(F)F. The maximum atomic E-state index is 13.7. The molecule has 0 saturated heterocycles. The van der Waals surface area contributed by atoms with Crippen molar-refractivity contribution in [3.63, 3.8) is 0 Å². The minimum atomic E-state index is -4.80. The van der Waals surface area contributed by atoms with Crippen molar-refractivity contribution in [2.45, 2.75) is 58.2 Å². The van der Waals surface area contributed by atoms with Crippen LogP contribution in [0.3, 0.4) is 0 Å². The van der Waals surface area contributed by atoms with Gasteiger partial charge in [-0.1, -0.05) is 19.8 Å². The molecule has 0 heterocycles. The minimum Gasteiger partial charge on any atom is -0.496 e. The van der Waals surface area contributed by atoms with Crippen molar-refractivity contribution in [3.05, 3.63) is 23.3 Å². The number of hydrogen-bond donors (Lipinski definition) is 1. The molecule has 1 N–H and O–H groups in total. The Morgan fingerprint density at radius 2 is 1.88 bits per heavy atom. The summed E-state index contributed by atoms with van der Waals surface area (Å²) in [7, 11) is 3.14. The molecule has 0 radical (unpaired) electrons. The van der Waals surface area contributed by atoms with Crippen LogP contribution in [0.15, 0.2) is 17.1 Å². The van der Waals surface area contributed by atoms with E-state index in [0.717, 1.165) is 13.0 Å². The molecule has 0 aliphatic rings. The fourth-order valence-corrected chi connectivity index (χ4v) is 2.61. The first-order valence-electron chi connectivity index (χ1n) is 8.83. The molecule has 0 aliphatic carbocycles. The standard InChI is InChI=1S/C19H29F3N2O2/c1-6-8-9-10-18(25,19(20,21)22)15-11-14(3)16(12-17(15)26-5)23-13-24(4)7-2/h11-13,25H,6-10H2,1-5H3/b23-13+. The van der Waals surface area contributed by atoms with Gasteiger partial charge in [0.25, 0.3) is 0 Å². The van der Waals surface area contributed by atoms with Crippen LogP contribution in [0.5, 0.6) is 5.75 Å². The van der Waals surface area contributed by atoms with E-state index in [9.17, 15) is 18.3 Å². The van der Waals surface area contributed by atoms with Crippen LogP contribution >= 0.6 is 0 Å². The van der Waals surface area contributed by atoms with E-state index in [1.165, 1.54) is 19.2 Å². The van der Waals surface area contributed by atoms with E-state index < -0.39 is 18.2 Å². The molecule has 1 aromatic carbocycles. The average molecular weight is 374 g/mol. The molecule has 0 aliphatic heterocycles. The summed E-state index contributed by atoms with van der Waals surface area (Å²) in [6, 6.07) is 2.78. The lowest BCUT2D eigenvalue weighted by molar-refractivity contribution is -0.270. The Labute approximate surface area is 153 Å². The Kier molecular flexibility index (Phi) is 7.93. The zero-order valence-corrected chi connectivity index (χ0v) is 16.2. The number of halogens is 3. The van der Waals surface area contributed by atoms with Gasteiger partial charge in [-0.15, -0.1) is 0 Å². The number of rotatable bonds is 9. The zero-order valence-electron chi connectivity index (χ0n) is 16.2. The molecule has 0 amide bonds. The van der Waals surface area contributed by atoms with Gasteiger partial charge in [0.15, 0.2) is 5.60 Å². The normalized spacial score (nSPS) is 14.5. The monoisotopic (exact) mass is 374 g/mol. The van der Waals surface area contributed by atoms with Crippen LogP contribution in [-0.2, 0) is 5.60 Å². The van der Waals surface area contributed by atoms with Crippen molar-refractivity contribution in [2.24, 2.45) is 4.99 Å². The molecule has 4 nitrogen and oxygen atoms in total. The Morgan fingerprint density at radius 3 is 2.38 bits per heavy atom. The lowest BCUT2D eigenvalue weighted by atomic mass is 9.85. The molecule has 1 rings (SSSR count). The van der Waals surface area contributed by atoms with Gasteiger partial charge in [-0.2, -0.15) is 13.2 Å². The molecule has 1 unspecified atom stereocenters. The minimum absolute atomic E-state index is 0.0155. The van der Waals surface area contributed by atoms with Crippen LogP contribution in [0.25, 0.3) is 0 Å². The number of alkyl halides is 3. The summed E-state index contributed by atoms with van der Waals surface area (Å²) in [5.41, 5.74) is -2.16. The summed E-state index contributed by atoms with van der Waals surface area (Å²) in [5, 5.41) is 10.6. The largest absolute Gasteiger partial charge is 0.496 e. The van der Waals surface area contributed by atoms with Crippen LogP contribution in [-0.4, -0.2) is 43.2 Å². The van der Waals surface area contributed by atoms with Crippen molar-refractivity contribution in [1.29, 1.82) is 0 Å². The van der Waals surface area contributed by atoms with E-state index in [-0.39, 0.29) is 17.7 Å². The maximum Gasteiger partial charge on any atom is 0.421 e. The molecule has 7 heteroatoms. The first kappa shape index (κ1) is 22.3. The third-order valence-corrected chi connectivity index (χ3v) is 4.47. The van der Waals surface area contributed by atoms with Gasteiger partial charge in [0.05, 0.1) is 19.1 Å². The lowest BCUT2D eigenvalue weighted by Crippen LogP contribution is -2.42. The van der Waals surface area contributed by atoms with Gasteiger partial charge in [0, 0.05) is 25.2 Å². The van der Waals surface area contributed by atoms with Crippen molar-refractivity contribution < 1.29 is 23.0 Å². The average Bonchev–Trinajstić information content (AvgIpc) is 2.59. The number of methoxy groups -OCH3 is 1. The van der Waals surface area contributed by atoms with Gasteiger partial charge < -0.3 is 14.7 Å². The Bertz CT molecular complexity index is 618. The van der Waals surface area contributed by atoms with Gasteiger partial charge in [0.1, 0.15) is 5.75 Å². The smallest absolute Gasteiger partial charge is 0.421 e. The number of benzene rings is 1. The Hall–Kier alpha value is -1.76. The van der Waals surface area contributed by atoms with Crippen molar-refractivity contribution >= 4 is 12.0 Å². The summed E-state index contributed by atoms with van der Waals surface area (Å²) in [6.07, 6.45) is -1.93. The van der Waals surface area contributed by atoms with Crippen molar-refractivity contribution in [1.82, 2.24) is 4.90 Å². The predicted octanol–water partition coefficient (Wildman–Crippen LogP) is 4.95. The number of aryl methyl sites for hydroxylation is 1. The topological polar surface area (TPSA) is 45.1 Å². The zero-order chi connectivity index (χ0) is 20.0. The molecule has 1 aromatic rings. The second-order valence-electron chi connectivity index (χ2n) is 6.47. The summed E-state index contributed by atoms with van der Waals surface area (Å²) in [5.74, 6) is -0.0155. The van der Waals surface area contributed by atoms with Crippen LogP contribution in [0.2, 0.25) is 0 Å². The fourth-order valence-electron chi connectivity index (χ4n) is 2.61. The summed E-state index contributed by atoms with van der Waals surface area (Å²) in [6.45, 7) is 6.28. The Morgan fingerprint density at radius 1 is 1.23 bits per heavy atom. The fraction of sp³-hybridized carbons (Fsp3) is 0.632. The van der Waals surface area contributed by atoms with E-state index in [4.69, 9.17) is 4.74 Å². The molecule has 148 valence electrons. The highest BCUT2D eigenvalue weighted by Gasteiger charge is 2.55. The van der Waals surface area contributed by atoms with Gasteiger partial charge >= 0.3 is 6.18 Å². The van der Waals surface area contributed by atoms with Crippen LogP contribution < -0.4 is 4.74 Å². The molecule has 0 spiro atoms. The van der Waals surface area contributed by atoms with Crippen LogP contribution in [0, 0.1) is 6.92 Å². The molecule has 0 bridgehead atoms. The third-order valence-electron chi connectivity index (χ3n) is 4.47. The molecule has 26 heavy (non-hydrogen) atoms. The van der Waals surface area contributed by atoms with Gasteiger partial charge in [-0.25, -0.2) is 4.99 Å². The lowest BCUT2D eigenvalue weighted by Gasteiger charge is -2.32. The van der Waals surface area contributed by atoms with Crippen molar-refractivity contribution in [3.8, 4) is 5.75 Å². The second kappa shape index (κ2) is 9.26. The molecule has 0 fully saturated rings. The third kappa shape index (κ3) is 5.13. The molecule has 1 atom stereocenters. The number of hydrogen-bond acceptors (Lipinski definition) is 3. The van der Waals surface area contributed by atoms with E-state index in [2.05, 4.69) is 4.99 Å². The molecule has 0 saturated carbocycles. The van der Waals surface area contributed by atoms with Crippen LogP contribution in [0.4, 0.5) is 18.9 Å². The van der Waals surface area contributed by atoms with Gasteiger partial charge in [0.2, 0.25) is 0 Å². The number of ether oxygens (including phenoxy) is 1. The van der Waals surface area contributed by atoms with E-state index >= 15 is 0 Å². The quantitative estimate of drug-likeness (QED) is 0.378. The van der Waals surface area contributed by atoms with Gasteiger partial charge in [-0.3, -0.25) is 0 Å². The number of aliphatic hydroxyl groups is 1.